The van der Waals surface area contributed by atoms with Crippen LogP contribution in [0, 0.1) is 0 Å². The van der Waals surface area contributed by atoms with Crippen molar-refractivity contribution < 1.29 is 19.1 Å². The van der Waals surface area contributed by atoms with Crippen LogP contribution in [0.25, 0.3) is 0 Å². The summed E-state index contributed by atoms with van der Waals surface area (Å²) in [5.74, 6) is -0.161. The molecular formula is C30H51NO4Si. The zero-order valence-corrected chi connectivity index (χ0v) is 24.9. The number of aliphatic hydroxyl groups is 1. The summed E-state index contributed by atoms with van der Waals surface area (Å²) in [4.78, 5) is 13.6. The van der Waals surface area contributed by atoms with Gasteiger partial charge in [0.25, 0.3) is 0 Å². The molecule has 5 nitrogen and oxygen atoms in total. The van der Waals surface area contributed by atoms with E-state index in [0.29, 0.717) is 6.42 Å². The summed E-state index contributed by atoms with van der Waals surface area (Å²) in [7, 11) is -0.455. The van der Waals surface area contributed by atoms with E-state index in [0.717, 1.165) is 38.6 Å². The van der Waals surface area contributed by atoms with Crippen LogP contribution in [-0.2, 0) is 14.0 Å². The number of allylic oxidation sites excluding steroid dienone is 1. The fraction of sp³-hybridized carbons (Fsp3) is 0.700. The number of methoxy groups -OCH3 is 1. The van der Waals surface area contributed by atoms with Crippen LogP contribution in [0.5, 0.6) is 0 Å². The van der Waals surface area contributed by atoms with E-state index in [9.17, 15) is 9.90 Å². The first-order valence-corrected chi connectivity index (χ1v) is 16.8. The first-order chi connectivity index (χ1) is 17.0. The second-order valence-electron chi connectivity index (χ2n) is 11.7. The molecule has 0 aromatic heterocycles. The van der Waals surface area contributed by atoms with E-state index in [-0.39, 0.29) is 29.3 Å². The van der Waals surface area contributed by atoms with Gasteiger partial charge in [-0.05, 0) is 67.9 Å². The third-order valence-corrected chi connectivity index (χ3v) is 12.4. The molecule has 1 heterocycles. The Morgan fingerprint density at radius 1 is 1.17 bits per heavy atom. The van der Waals surface area contributed by atoms with Gasteiger partial charge in [0.2, 0.25) is 0 Å². The summed E-state index contributed by atoms with van der Waals surface area (Å²) in [6.45, 7) is 14.7. The molecule has 1 aliphatic heterocycles. The Bertz CT molecular complexity index is 815. The molecule has 0 spiro atoms. The molecule has 1 saturated heterocycles. The third kappa shape index (κ3) is 9.04. The lowest BCUT2D eigenvalue weighted by atomic mass is 10.0. The summed E-state index contributed by atoms with van der Waals surface area (Å²) in [6, 6.07) is 8.98. The summed E-state index contributed by atoms with van der Waals surface area (Å²) < 4.78 is 11.6. The van der Waals surface area contributed by atoms with Gasteiger partial charge in [-0.3, -0.25) is 4.79 Å². The van der Waals surface area contributed by atoms with Crippen molar-refractivity contribution in [3.8, 4) is 0 Å². The normalized spacial score (nSPS) is 19.7. The van der Waals surface area contributed by atoms with E-state index in [1.165, 1.54) is 37.6 Å². The maximum absolute atomic E-state index is 11.2. The number of carbonyl (C=O) groups excluding carboxylic acids is 1. The van der Waals surface area contributed by atoms with Crippen LogP contribution in [0.15, 0.2) is 36.4 Å². The lowest BCUT2D eigenvalue weighted by Crippen LogP contribution is -2.41. The van der Waals surface area contributed by atoms with Crippen LogP contribution < -0.4 is 4.90 Å². The number of anilines is 1. The molecule has 1 fully saturated rings. The van der Waals surface area contributed by atoms with Crippen LogP contribution in [-0.4, -0.2) is 45.2 Å². The zero-order valence-electron chi connectivity index (χ0n) is 23.9. The summed E-state index contributed by atoms with van der Waals surface area (Å²) in [6.07, 6.45) is 12.4. The average Bonchev–Trinajstić information content (AvgIpc) is 3.20. The summed E-state index contributed by atoms with van der Waals surface area (Å²) in [5.41, 5.74) is 2.43. The van der Waals surface area contributed by atoms with Crippen LogP contribution in [0.4, 0.5) is 5.69 Å². The standard InChI is InChI=1S/C30H51NO4Si/c1-8-9-12-16-28(35-36(6,7)30(2,3)4)24-18-20-25(21-19-24)31-23-22-27(32)26(31)15-13-10-11-14-17-29(33)34-5/h10,13,18-21,26-28,32H,8-9,11-12,14-17,22-23H2,1-7H3/b13-10-/t26-,27-,28?/m0/s1. The fourth-order valence-corrected chi connectivity index (χ4v) is 5.87. The number of benzene rings is 1. The van der Waals surface area contributed by atoms with Gasteiger partial charge in [0, 0.05) is 18.7 Å². The van der Waals surface area contributed by atoms with Crippen LogP contribution in [0.3, 0.4) is 0 Å². The maximum atomic E-state index is 11.2. The molecule has 1 unspecified atom stereocenters. The first-order valence-electron chi connectivity index (χ1n) is 13.9. The number of esters is 1. The van der Waals surface area contributed by atoms with Crippen molar-refractivity contribution in [2.75, 3.05) is 18.6 Å². The molecule has 0 radical (unpaired) electrons. The molecule has 0 amide bonds. The van der Waals surface area contributed by atoms with E-state index in [2.05, 4.69) is 82.1 Å². The highest BCUT2D eigenvalue weighted by atomic mass is 28.4. The lowest BCUT2D eigenvalue weighted by molar-refractivity contribution is -0.140. The molecule has 2 rings (SSSR count). The Morgan fingerprint density at radius 3 is 2.47 bits per heavy atom. The molecule has 1 aliphatic rings. The van der Waals surface area contributed by atoms with Gasteiger partial charge in [-0.15, -0.1) is 0 Å². The number of carbonyl (C=O) groups is 1. The first kappa shape index (κ1) is 30.6. The Morgan fingerprint density at radius 2 is 1.86 bits per heavy atom. The van der Waals surface area contributed by atoms with Crippen molar-refractivity contribution >= 4 is 20.0 Å². The molecule has 1 N–H and O–H groups in total. The molecule has 0 bridgehead atoms. The number of unbranched alkanes of at least 4 members (excludes halogenated alkanes) is 3. The van der Waals surface area contributed by atoms with Crippen molar-refractivity contribution in [3.05, 3.63) is 42.0 Å². The number of aliphatic hydroxyl groups excluding tert-OH is 1. The van der Waals surface area contributed by atoms with Gasteiger partial charge in [-0.1, -0.05) is 71.2 Å². The number of nitrogens with zero attached hydrogens (tertiary/aromatic N) is 1. The second-order valence-corrected chi connectivity index (χ2v) is 16.5. The number of hydrogen-bond donors (Lipinski definition) is 1. The van der Waals surface area contributed by atoms with Gasteiger partial charge in [-0.2, -0.15) is 0 Å². The van der Waals surface area contributed by atoms with Crippen LogP contribution >= 0.6 is 0 Å². The van der Waals surface area contributed by atoms with Crippen molar-refractivity contribution in [1.29, 1.82) is 0 Å². The summed E-state index contributed by atoms with van der Waals surface area (Å²) >= 11 is 0. The van der Waals surface area contributed by atoms with E-state index >= 15 is 0 Å². The number of hydrogen-bond acceptors (Lipinski definition) is 5. The molecular weight excluding hydrogens is 466 g/mol. The molecule has 1 aromatic carbocycles. The van der Waals surface area contributed by atoms with Crippen LogP contribution in [0.1, 0.15) is 97.1 Å². The highest BCUT2D eigenvalue weighted by Gasteiger charge is 2.39. The van der Waals surface area contributed by atoms with Gasteiger partial charge in [-0.25, -0.2) is 0 Å². The molecule has 36 heavy (non-hydrogen) atoms. The van der Waals surface area contributed by atoms with E-state index in [1.54, 1.807) is 0 Å². The Labute approximate surface area is 221 Å². The average molecular weight is 518 g/mol. The van der Waals surface area contributed by atoms with Crippen LogP contribution in [0.2, 0.25) is 18.1 Å². The van der Waals surface area contributed by atoms with E-state index in [1.807, 2.05) is 0 Å². The smallest absolute Gasteiger partial charge is 0.305 e. The molecule has 1 aromatic rings. The molecule has 6 heteroatoms. The second kappa shape index (κ2) is 14.3. The summed E-state index contributed by atoms with van der Waals surface area (Å²) in [5, 5.41) is 10.8. The third-order valence-electron chi connectivity index (χ3n) is 7.94. The maximum Gasteiger partial charge on any atom is 0.305 e. The monoisotopic (exact) mass is 517 g/mol. The molecule has 0 aliphatic carbocycles. The Hall–Kier alpha value is -1.63. The molecule has 3 atom stereocenters. The van der Waals surface area contributed by atoms with Crippen molar-refractivity contribution in [2.45, 2.75) is 122 Å². The highest BCUT2D eigenvalue weighted by molar-refractivity contribution is 6.74. The predicted molar refractivity (Wildman–Crippen MR) is 153 cm³/mol. The fourth-order valence-electron chi connectivity index (χ4n) is 4.55. The van der Waals surface area contributed by atoms with Crippen molar-refractivity contribution in [3.63, 3.8) is 0 Å². The number of rotatable bonds is 14. The van der Waals surface area contributed by atoms with E-state index in [4.69, 9.17) is 9.16 Å². The van der Waals surface area contributed by atoms with Gasteiger partial charge in [0.05, 0.1) is 25.4 Å². The lowest BCUT2D eigenvalue weighted by Gasteiger charge is -2.39. The minimum atomic E-state index is -1.88. The SMILES string of the molecule is CCCCCC(O[Si](C)(C)C(C)(C)C)c1ccc(N2CC[C@H](O)[C@@H]2C/C=C\CCCC(=O)OC)cc1. The van der Waals surface area contributed by atoms with E-state index < -0.39 is 8.32 Å². The van der Waals surface area contributed by atoms with Crippen molar-refractivity contribution in [1.82, 2.24) is 0 Å². The zero-order chi connectivity index (χ0) is 26.8. The Kier molecular flexibility index (Phi) is 12.2. The quantitative estimate of drug-likeness (QED) is 0.119. The van der Waals surface area contributed by atoms with Gasteiger partial charge in [0.15, 0.2) is 8.32 Å². The van der Waals surface area contributed by atoms with Gasteiger partial charge in [0.1, 0.15) is 0 Å². The predicted octanol–water partition coefficient (Wildman–Crippen LogP) is 7.56. The largest absolute Gasteiger partial charge is 0.469 e. The van der Waals surface area contributed by atoms with Crippen molar-refractivity contribution in [2.24, 2.45) is 0 Å². The number of ether oxygens (including phenoxy) is 1. The van der Waals surface area contributed by atoms with Gasteiger partial charge < -0.3 is 19.2 Å². The Balaban J connectivity index is 2.07. The molecule has 204 valence electrons. The highest BCUT2D eigenvalue weighted by Crippen LogP contribution is 2.41. The molecule has 0 saturated carbocycles. The minimum absolute atomic E-state index is 0.0801. The topological polar surface area (TPSA) is 59.0 Å². The van der Waals surface area contributed by atoms with Gasteiger partial charge >= 0.3 is 5.97 Å². The minimum Gasteiger partial charge on any atom is -0.469 e.